The first-order chi connectivity index (χ1) is 7.78. The normalized spacial score (nSPS) is 12.5. The zero-order valence-corrected chi connectivity index (χ0v) is 12.2. The Hall–Kier alpha value is -0.933. The molecular formula is C14H22O2Si. The number of aldehydes is 1. The average Bonchev–Trinajstić information content (AvgIpc) is 2.19. The number of rotatable bonds is 5. The Bertz CT molecular complexity index is 391. The molecule has 0 unspecified atom stereocenters. The van der Waals surface area contributed by atoms with Gasteiger partial charge in [0.1, 0.15) is 6.29 Å². The van der Waals surface area contributed by atoms with E-state index in [-0.39, 0.29) is 5.04 Å². The second kappa shape index (κ2) is 5.15. The van der Waals surface area contributed by atoms with Crippen molar-refractivity contribution in [3.63, 3.8) is 0 Å². The summed E-state index contributed by atoms with van der Waals surface area (Å²) >= 11 is 0. The fourth-order valence-electron chi connectivity index (χ4n) is 1.71. The van der Waals surface area contributed by atoms with Crippen LogP contribution in [0.2, 0.25) is 18.1 Å². The van der Waals surface area contributed by atoms with Gasteiger partial charge in [0.25, 0.3) is 0 Å². The predicted molar refractivity (Wildman–Crippen MR) is 73.7 cm³/mol. The molecule has 1 aromatic carbocycles. The molecule has 0 aliphatic heterocycles. The SMILES string of the molecule is CC(C)(Cc1ccccc1CC=O)[Si](C)(C)O. The van der Waals surface area contributed by atoms with E-state index in [0.717, 1.165) is 18.3 Å². The molecule has 0 saturated carbocycles. The third kappa shape index (κ3) is 3.51. The van der Waals surface area contributed by atoms with Crippen LogP contribution in [0, 0.1) is 0 Å². The number of carbonyl (C=O) groups excluding carboxylic acids is 1. The van der Waals surface area contributed by atoms with Gasteiger partial charge >= 0.3 is 0 Å². The van der Waals surface area contributed by atoms with Gasteiger partial charge in [-0.15, -0.1) is 0 Å². The van der Waals surface area contributed by atoms with Gasteiger partial charge in [-0.25, -0.2) is 0 Å². The monoisotopic (exact) mass is 250 g/mol. The molecule has 1 aromatic rings. The lowest BCUT2D eigenvalue weighted by Crippen LogP contribution is -2.40. The predicted octanol–water partition coefficient (Wildman–Crippen LogP) is 2.95. The summed E-state index contributed by atoms with van der Waals surface area (Å²) < 4.78 is 0. The summed E-state index contributed by atoms with van der Waals surface area (Å²) in [4.78, 5) is 20.9. The molecule has 0 saturated heterocycles. The molecule has 0 aromatic heterocycles. The molecule has 0 spiro atoms. The molecule has 0 radical (unpaired) electrons. The van der Waals surface area contributed by atoms with Crippen molar-refractivity contribution in [2.24, 2.45) is 0 Å². The molecule has 0 bridgehead atoms. The number of carbonyl (C=O) groups is 1. The zero-order chi connectivity index (χ0) is 13.1. The molecule has 0 heterocycles. The van der Waals surface area contributed by atoms with Gasteiger partial charge in [0.05, 0.1) is 0 Å². The molecular weight excluding hydrogens is 228 g/mol. The van der Waals surface area contributed by atoms with Crippen molar-refractivity contribution in [2.45, 2.75) is 44.8 Å². The third-order valence-corrected chi connectivity index (χ3v) is 7.20. The molecule has 3 heteroatoms. The Morgan fingerprint density at radius 3 is 2.24 bits per heavy atom. The number of benzene rings is 1. The highest BCUT2D eigenvalue weighted by atomic mass is 28.4. The summed E-state index contributed by atoms with van der Waals surface area (Å²) in [6.07, 6.45) is 2.22. The first-order valence-electron chi connectivity index (χ1n) is 6.01. The molecule has 1 N–H and O–H groups in total. The van der Waals surface area contributed by atoms with E-state index in [1.807, 2.05) is 31.3 Å². The maximum Gasteiger partial charge on any atom is 0.188 e. The molecule has 0 atom stereocenters. The molecule has 2 nitrogen and oxygen atoms in total. The summed E-state index contributed by atoms with van der Waals surface area (Å²) in [5, 5.41) is -0.0913. The van der Waals surface area contributed by atoms with E-state index >= 15 is 0 Å². The van der Waals surface area contributed by atoms with Gasteiger partial charge < -0.3 is 9.59 Å². The summed E-state index contributed by atoms with van der Waals surface area (Å²) in [6, 6.07) is 8.00. The number of hydrogen-bond donors (Lipinski definition) is 1. The number of hydrogen-bond acceptors (Lipinski definition) is 2. The van der Waals surface area contributed by atoms with E-state index in [1.54, 1.807) is 0 Å². The lowest BCUT2D eigenvalue weighted by Gasteiger charge is -2.35. The molecule has 0 aliphatic carbocycles. The van der Waals surface area contributed by atoms with Crippen LogP contribution in [-0.4, -0.2) is 19.4 Å². The van der Waals surface area contributed by atoms with E-state index in [0.29, 0.717) is 6.42 Å². The highest BCUT2D eigenvalue weighted by Crippen LogP contribution is 2.39. The van der Waals surface area contributed by atoms with E-state index in [4.69, 9.17) is 0 Å². The van der Waals surface area contributed by atoms with Gasteiger partial charge in [-0.1, -0.05) is 38.1 Å². The minimum atomic E-state index is -2.20. The Balaban J connectivity index is 2.99. The second-order valence-electron chi connectivity index (χ2n) is 5.76. The topological polar surface area (TPSA) is 37.3 Å². The quantitative estimate of drug-likeness (QED) is 0.644. The standard InChI is InChI=1S/C14H22O2Si/c1-14(2,17(3,4)16)11-13-8-6-5-7-12(13)9-10-15/h5-8,10,16H,9,11H2,1-4H3. The smallest absolute Gasteiger partial charge is 0.188 e. The first kappa shape index (κ1) is 14.1. The molecule has 94 valence electrons. The molecule has 17 heavy (non-hydrogen) atoms. The van der Waals surface area contributed by atoms with E-state index in [2.05, 4.69) is 19.9 Å². The van der Waals surface area contributed by atoms with Crippen LogP contribution in [0.4, 0.5) is 0 Å². The van der Waals surface area contributed by atoms with Crippen molar-refractivity contribution in [2.75, 3.05) is 0 Å². The lowest BCUT2D eigenvalue weighted by molar-refractivity contribution is -0.107. The van der Waals surface area contributed by atoms with E-state index in [1.165, 1.54) is 5.56 Å². The van der Waals surface area contributed by atoms with Gasteiger partial charge in [0, 0.05) is 6.42 Å². The van der Waals surface area contributed by atoms with Crippen LogP contribution in [0.15, 0.2) is 24.3 Å². The first-order valence-corrected chi connectivity index (χ1v) is 8.95. The highest BCUT2D eigenvalue weighted by molar-refractivity contribution is 6.72. The second-order valence-corrected chi connectivity index (χ2v) is 10.2. The van der Waals surface area contributed by atoms with Crippen molar-refractivity contribution in [3.05, 3.63) is 35.4 Å². The van der Waals surface area contributed by atoms with Gasteiger partial charge in [-0.3, -0.25) is 0 Å². The Morgan fingerprint density at radius 1 is 1.24 bits per heavy atom. The van der Waals surface area contributed by atoms with Gasteiger partial charge in [-0.2, -0.15) is 0 Å². The Morgan fingerprint density at radius 2 is 1.76 bits per heavy atom. The fourth-order valence-corrected chi connectivity index (χ4v) is 2.33. The van der Waals surface area contributed by atoms with Crippen LogP contribution >= 0.6 is 0 Å². The molecule has 1 rings (SSSR count). The fraction of sp³-hybridized carbons (Fsp3) is 0.500. The van der Waals surface area contributed by atoms with E-state index < -0.39 is 8.32 Å². The minimum absolute atomic E-state index is 0.0913. The summed E-state index contributed by atoms with van der Waals surface area (Å²) in [7, 11) is -2.20. The summed E-state index contributed by atoms with van der Waals surface area (Å²) in [5.41, 5.74) is 2.26. The zero-order valence-electron chi connectivity index (χ0n) is 11.2. The average molecular weight is 250 g/mol. The molecule has 0 amide bonds. The van der Waals surface area contributed by atoms with Crippen molar-refractivity contribution in [1.82, 2.24) is 0 Å². The summed E-state index contributed by atoms with van der Waals surface area (Å²) in [5.74, 6) is 0. The van der Waals surface area contributed by atoms with Crippen LogP contribution in [0.1, 0.15) is 25.0 Å². The van der Waals surface area contributed by atoms with Crippen LogP contribution in [0.25, 0.3) is 0 Å². The van der Waals surface area contributed by atoms with Gasteiger partial charge in [-0.05, 0) is 35.7 Å². The van der Waals surface area contributed by atoms with Crippen molar-refractivity contribution in [3.8, 4) is 0 Å². The van der Waals surface area contributed by atoms with Crippen molar-refractivity contribution >= 4 is 14.6 Å². The van der Waals surface area contributed by atoms with Crippen molar-refractivity contribution < 1.29 is 9.59 Å². The molecule has 0 fully saturated rings. The molecule has 0 aliphatic rings. The van der Waals surface area contributed by atoms with Crippen LogP contribution in [0.3, 0.4) is 0 Å². The Labute approximate surface area is 105 Å². The van der Waals surface area contributed by atoms with Gasteiger partial charge in [0.2, 0.25) is 0 Å². The summed E-state index contributed by atoms with van der Waals surface area (Å²) in [6.45, 7) is 8.15. The largest absolute Gasteiger partial charge is 0.432 e. The van der Waals surface area contributed by atoms with Crippen LogP contribution < -0.4 is 0 Å². The minimum Gasteiger partial charge on any atom is -0.432 e. The Kier molecular flexibility index (Phi) is 4.28. The van der Waals surface area contributed by atoms with Crippen LogP contribution in [-0.2, 0) is 17.6 Å². The maximum atomic E-state index is 10.6. The highest BCUT2D eigenvalue weighted by Gasteiger charge is 2.38. The third-order valence-electron chi connectivity index (χ3n) is 3.71. The van der Waals surface area contributed by atoms with Crippen LogP contribution in [0.5, 0.6) is 0 Å². The van der Waals surface area contributed by atoms with Crippen molar-refractivity contribution in [1.29, 1.82) is 0 Å². The van der Waals surface area contributed by atoms with Gasteiger partial charge in [0.15, 0.2) is 8.32 Å². The van der Waals surface area contributed by atoms with E-state index in [9.17, 15) is 9.59 Å². The lowest BCUT2D eigenvalue weighted by atomic mass is 9.96. The maximum absolute atomic E-state index is 10.6.